The number of aromatic hydroxyl groups is 1. The van der Waals surface area contributed by atoms with E-state index in [9.17, 15) is 9.90 Å². The summed E-state index contributed by atoms with van der Waals surface area (Å²) in [5.74, 6) is 0.0331. The van der Waals surface area contributed by atoms with Crippen molar-refractivity contribution in [3.05, 3.63) is 45.4 Å². The van der Waals surface area contributed by atoms with E-state index in [0.717, 1.165) is 23.4 Å². The number of aryl methyl sites for hydroxylation is 2. The quantitative estimate of drug-likeness (QED) is 0.781. The van der Waals surface area contributed by atoms with E-state index in [0.29, 0.717) is 13.0 Å². The third-order valence-corrected chi connectivity index (χ3v) is 5.19. The summed E-state index contributed by atoms with van der Waals surface area (Å²) >= 11 is 1.70. The normalized spacial score (nSPS) is 15.0. The highest BCUT2D eigenvalue weighted by Crippen LogP contribution is 2.26. The van der Waals surface area contributed by atoms with Crippen molar-refractivity contribution in [2.45, 2.75) is 44.7 Å². The molecular weight excluding hydrogens is 310 g/mol. The molecule has 0 aliphatic heterocycles. The van der Waals surface area contributed by atoms with E-state index in [2.05, 4.69) is 10.3 Å². The van der Waals surface area contributed by atoms with Gasteiger partial charge in [-0.3, -0.25) is 4.79 Å². The molecule has 0 radical (unpaired) electrons. The van der Waals surface area contributed by atoms with E-state index in [-0.39, 0.29) is 11.7 Å². The number of phenols is 1. The number of carbonyl (C=O) groups excluding carboxylic acids is 1. The van der Waals surface area contributed by atoms with Crippen molar-refractivity contribution in [2.75, 3.05) is 0 Å². The molecule has 2 aromatic rings. The highest BCUT2D eigenvalue weighted by atomic mass is 32.1. The monoisotopic (exact) mass is 331 g/mol. The first kappa shape index (κ1) is 16.0. The summed E-state index contributed by atoms with van der Waals surface area (Å²) in [5.41, 5.74) is 8.09. The molecule has 0 unspecified atom stereocenters. The second-order valence-corrected chi connectivity index (χ2v) is 7.05. The Bertz CT molecular complexity index is 658. The summed E-state index contributed by atoms with van der Waals surface area (Å²) in [6.07, 6.45) is 5.06. The number of hydrogen-bond acceptors (Lipinski definition) is 5. The van der Waals surface area contributed by atoms with Crippen molar-refractivity contribution in [3.8, 4) is 5.75 Å². The molecule has 0 saturated heterocycles. The number of nitrogens with one attached hydrogen (secondary N) is 1. The number of amides is 1. The summed E-state index contributed by atoms with van der Waals surface area (Å²) in [6, 6.07) is 6.14. The molecule has 1 aromatic heterocycles. The van der Waals surface area contributed by atoms with Crippen LogP contribution in [0.2, 0.25) is 0 Å². The number of aromatic nitrogens is 1. The third-order valence-electron chi connectivity index (χ3n) is 4.03. The van der Waals surface area contributed by atoms with E-state index in [1.54, 1.807) is 35.6 Å². The Hall–Kier alpha value is -1.92. The molecule has 0 spiro atoms. The maximum atomic E-state index is 12.1. The zero-order valence-corrected chi connectivity index (χ0v) is 13.7. The van der Waals surface area contributed by atoms with Gasteiger partial charge in [-0.05, 0) is 49.8 Å². The van der Waals surface area contributed by atoms with Crippen molar-refractivity contribution in [3.63, 3.8) is 0 Å². The van der Waals surface area contributed by atoms with Crippen molar-refractivity contribution >= 4 is 17.2 Å². The first-order chi connectivity index (χ1) is 11.1. The van der Waals surface area contributed by atoms with Crippen LogP contribution in [0.15, 0.2) is 24.3 Å². The second kappa shape index (κ2) is 7.10. The Morgan fingerprint density at radius 3 is 2.78 bits per heavy atom. The SMILES string of the molecule is N[C@@H](Cc1ccc(O)cc1)C(=O)NCc1nc2c(s1)CCCC2. The van der Waals surface area contributed by atoms with Gasteiger partial charge in [0.15, 0.2) is 0 Å². The van der Waals surface area contributed by atoms with Gasteiger partial charge in [0, 0.05) is 4.88 Å². The van der Waals surface area contributed by atoms with Crippen LogP contribution in [-0.4, -0.2) is 22.0 Å². The second-order valence-electron chi connectivity index (χ2n) is 5.88. The molecule has 122 valence electrons. The van der Waals surface area contributed by atoms with E-state index in [1.165, 1.54) is 23.4 Å². The molecule has 1 aromatic carbocycles. The predicted octanol–water partition coefficient (Wildman–Crippen LogP) is 1.91. The molecule has 0 fully saturated rings. The molecule has 3 rings (SSSR count). The third kappa shape index (κ3) is 4.09. The lowest BCUT2D eigenvalue weighted by molar-refractivity contribution is -0.122. The van der Waals surface area contributed by atoms with Gasteiger partial charge in [-0.1, -0.05) is 12.1 Å². The van der Waals surface area contributed by atoms with Crippen LogP contribution in [0.5, 0.6) is 5.75 Å². The Balaban J connectivity index is 1.52. The van der Waals surface area contributed by atoms with E-state index < -0.39 is 6.04 Å². The summed E-state index contributed by atoms with van der Waals surface area (Å²) in [6.45, 7) is 0.444. The molecule has 23 heavy (non-hydrogen) atoms. The zero-order chi connectivity index (χ0) is 16.2. The topological polar surface area (TPSA) is 88.2 Å². The van der Waals surface area contributed by atoms with Crippen LogP contribution in [0.4, 0.5) is 0 Å². The average molecular weight is 331 g/mol. The van der Waals surface area contributed by atoms with Gasteiger partial charge in [0.25, 0.3) is 0 Å². The van der Waals surface area contributed by atoms with Crippen LogP contribution in [0, 0.1) is 0 Å². The number of nitrogens with zero attached hydrogens (tertiary/aromatic N) is 1. The Labute approximate surface area is 139 Å². The molecular formula is C17H21N3O2S. The van der Waals surface area contributed by atoms with E-state index in [4.69, 9.17) is 5.73 Å². The minimum absolute atomic E-state index is 0.175. The van der Waals surface area contributed by atoms with Crippen molar-refractivity contribution in [1.29, 1.82) is 0 Å². The standard InChI is InChI=1S/C17H21N3O2S/c18-13(9-11-5-7-12(21)8-6-11)17(22)19-10-16-20-14-3-1-2-4-15(14)23-16/h5-8,13,21H,1-4,9-10,18H2,(H,19,22)/t13-/m0/s1. The first-order valence-corrected chi connectivity index (χ1v) is 8.72. The number of hydrogen-bond donors (Lipinski definition) is 3. The molecule has 6 heteroatoms. The number of nitrogens with two attached hydrogens (primary N) is 1. The summed E-state index contributed by atoms with van der Waals surface area (Å²) < 4.78 is 0. The minimum atomic E-state index is -0.603. The zero-order valence-electron chi connectivity index (χ0n) is 12.9. The molecule has 5 nitrogen and oxygen atoms in total. The van der Waals surface area contributed by atoms with Crippen LogP contribution in [-0.2, 0) is 30.6 Å². The Kier molecular flexibility index (Phi) is 4.93. The lowest BCUT2D eigenvalue weighted by atomic mass is 10.0. The van der Waals surface area contributed by atoms with Crippen LogP contribution in [0.3, 0.4) is 0 Å². The summed E-state index contributed by atoms with van der Waals surface area (Å²) in [7, 11) is 0. The predicted molar refractivity (Wildman–Crippen MR) is 90.4 cm³/mol. The lowest BCUT2D eigenvalue weighted by Gasteiger charge is -2.11. The first-order valence-electron chi connectivity index (χ1n) is 7.90. The lowest BCUT2D eigenvalue weighted by Crippen LogP contribution is -2.41. The minimum Gasteiger partial charge on any atom is -0.508 e. The van der Waals surface area contributed by atoms with Gasteiger partial charge in [0.2, 0.25) is 5.91 Å². The largest absolute Gasteiger partial charge is 0.508 e. The highest BCUT2D eigenvalue weighted by Gasteiger charge is 2.17. The molecule has 0 saturated carbocycles. The van der Waals surface area contributed by atoms with Gasteiger partial charge in [0.1, 0.15) is 10.8 Å². The van der Waals surface area contributed by atoms with Crippen molar-refractivity contribution < 1.29 is 9.90 Å². The number of rotatable bonds is 5. The average Bonchev–Trinajstić information content (AvgIpc) is 2.97. The fraction of sp³-hybridized carbons (Fsp3) is 0.412. The van der Waals surface area contributed by atoms with Crippen molar-refractivity contribution in [1.82, 2.24) is 10.3 Å². The number of phenolic OH excluding ortho intramolecular Hbond substituents is 1. The summed E-state index contributed by atoms with van der Waals surface area (Å²) in [4.78, 5) is 18.1. The maximum Gasteiger partial charge on any atom is 0.237 e. The molecule has 1 aliphatic rings. The smallest absolute Gasteiger partial charge is 0.237 e. The molecule has 4 N–H and O–H groups in total. The van der Waals surface area contributed by atoms with Gasteiger partial charge >= 0.3 is 0 Å². The van der Waals surface area contributed by atoms with Gasteiger partial charge in [-0.15, -0.1) is 11.3 Å². The molecule has 1 atom stereocenters. The van der Waals surface area contributed by atoms with Crippen LogP contribution in [0.25, 0.3) is 0 Å². The fourth-order valence-electron chi connectivity index (χ4n) is 2.75. The van der Waals surface area contributed by atoms with Gasteiger partial charge < -0.3 is 16.2 Å². The number of benzene rings is 1. The molecule has 1 aliphatic carbocycles. The van der Waals surface area contributed by atoms with Crippen molar-refractivity contribution in [2.24, 2.45) is 5.73 Å². The van der Waals surface area contributed by atoms with Gasteiger partial charge in [-0.25, -0.2) is 4.98 Å². The number of thiazole rings is 1. The summed E-state index contributed by atoms with van der Waals surface area (Å²) in [5, 5.41) is 13.1. The highest BCUT2D eigenvalue weighted by molar-refractivity contribution is 7.11. The van der Waals surface area contributed by atoms with Gasteiger partial charge in [-0.2, -0.15) is 0 Å². The molecule has 1 heterocycles. The Morgan fingerprint density at radius 2 is 2.04 bits per heavy atom. The van der Waals surface area contributed by atoms with E-state index in [1.807, 2.05) is 0 Å². The number of carbonyl (C=O) groups is 1. The molecule has 1 amide bonds. The molecule has 0 bridgehead atoms. The van der Waals surface area contributed by atoms with Crippen LogP contribution >= 0.6 is 11.3 Å². The number of fused-ring (bicyclic) bond motifs is 1. The van der Waals surface area contributed by atoms with Gasteiger partial charge in [0.05, 0.1) is 18.3 Å². The van der Waals surface area contributed by atoms with E-state index >= 15 is 0 Å². The fourth-order valence-corrected chi connectivity index (χ4v) is 3.85. The maximum absolute atomic E-state index is 12.1. The van der Waals surface area contributed by atoms with Crippen LogP contribution < -0.4 is 11.1 Å². The Morgan fingerprint density at radius 1 is 1.30 bits per heavy atom. The van der Waals surface area contributed by atoms with Crippen LogP contribution in [0.1, 0.15) is 34.0 Å².